The van der Waals surface area contributed by atoms with Gasteiger partial charge in [0.1, 0.15) is 11.3 Å². The number of methoxy groups -OCH3 is 1. The summed E-state index contributed by atoms with van der Waals surface area (Å²) in [5.41, 5.74) is 2.32. The van der Waals surface area contributed by atoms with Crippen molar-refractivity contribution < 1.29 is 33.1 Å². The van der Waals surface area contributed by atoms with Crippen molar-refractivity contribution in [2.45, 2.75) is 6.42 Å². The van der Waals surface area contributed by atoms with E-state index in [1.807, 2.05) is 0 Å². The van der Waals surface area contributed by atoms with Crippen LogP contribution in [0.1, 0.15) is 37.4 Å². The normalized spacial score (nSPS) is 12.1. The van der Waals surface area contributed by atoms with Crippen molar-refractivity contribution in [2.75, 3.05) is 19.0 Å². The summed E-state index contributed by atoms with van der Waals surface area (Å²) in [6.45, 7) is -0.551. The maximum atomic E-state index is 13.0. The predicted octanol–water partition coefficient (Wildman–Crippen LogP) is 3.94. The molecule has 1 aliphatic carbocycles. The van der Waals surface area contributed by atoms with Gasteiger partial charge in [0.25, 0.3) is 5.91 Å². The molecule has 174 valence electrons. The number of hydrogen-bond donors (Lipinski definition) is 1. The fraction of sp³-hybridized carbons (Fsp3) is 0.111. The summed E-state index contributed by atoms with van der Waals surface area (Å²) in [6.07, 6.45) is 1.37. The molecule has 0 saturated heterocycles. The number of anilines is 1. The second kappa shape index (κ2) is 8.90. The Kier molecular flexibility index (Phi) is 5.62. The minimum Gasteiger partial charge on any atom is -0.497 e. The smallest absolute Gasteiger partial charge is 0.310 e. The third-order valence-electron chi connectivity index (χ3n) is 5.79. The zero-order chi connectivity index (χ0) is 24.5. The molecule has 1 N–H and O–H groups in total. The summed E-state index contributed by atoms with van der Waals surface area (Å²) in [5, 5.41) is 3.33. The molecule has 1 heterocycles. The first-order valence-corrected chi connectivity index (χ1v) is 10.8. The molecule has 35 heavy (non-hydrogen) atoms. The topological polar surface area (TPSA) is 112 Å². The fourth-order valence-electron chi connectivity index (χ4n) is 4.12. The molecular weight excluding hydrogens is 450 g/mol. The van der Waals surface area contributed by atoms with Gasteiger partial charge < -0.3 is 19.2 Å². The monoisotopic (exact) mass is 469 g/mol. The molecule has 0 radical (unpaired) electrons. The molecule has 4 aromatic rings. The molecule has 0 saturated carbocycles. The molecule has 1 amide bonds. The van der Waals surface area contributed by atoms with E-state index in [4.69, 9.17) is 13.9 Å². The number of amides is 1. The minimum atomic E-state index is -0.632. The Balaban J connectivity index is 1.26. The molecule has 8 heteroatoms. The van der Waals surface area contributed by atoms with Gasteiger partial charge in [-0.15, -0.1) is 0 Å². The fourth-order valence-corrected chi connectivity index (χ4v) is 4.12. The highest BCUT2D eigenvalue weighted by Crippen LogP contribution is 2.32. The van der Waals surface area contributed by atoms with Crippen LogP contribution in [0.25, 0.3) is 11.0 Å². The summed E-state index contributed by atoms with van der Waals surface area (Å²) in [4.78, 5) is 50.7. The van der Waals surface area contributed by atoms with Gasteiger partial charge in [-0.2, -0.15) is 0 Å². The van der Waals surface area contributed by atoms with Crippen LogP contribution in [0.15, 0.2) is 71.3 Å². The highest BCUT2D eigenvalue weighted by atomic mass is 16.5. The maximum Gasteiger partial charge on any atom is 0.310 e. The van der Waals surface area contributed by atoms with Crippen LogP contribution < -0.4 is 10.1 Å². The first-order valence-electron chi connectivity index (χ1n) is 10.8. The second-order valence-electron chi connectivity index (χ2n) is 7.94. The van der Waals surface area contributed by atoms with Crippen LogP contribution in [0.5, 0.6) is 5.75 Å². The average Bonchev–Trinajstić information content (AvgIpc) is 3.27. The van der Waals surface area contributed by atoms with E-state index in [1.54, 1.807) is 61.7 Å². The SMILES string of the molecule is COc1ccc2c(CC(=O)OCC(=O)Nc3cccc4c3C(=O)c3ccccc3C4=O)coc2c1. The number of ether oxygens (including phenoxy) is 2. The Morgan fingerprint density at radius 2 is 1.66 bits per heavy atom. The third kappa shape index (κ3) is 4.06. The quantitative estimate of drug-likeness (QED) is 0.375. The number of benzene rings is 3. The zero-order valence-electron chi connectivity index (χ0n) is 18.6. The number of ketones is 2. The lowest BCUT2D eigenvalue weighted by atomic mass is 9.83. The van der Waals surface area contributed by atoms with E-state index in [0.717, 1.165) is 5.39 Å². The number of furan rings is 1. The van der Waals surface area contributed by atoms with Crippen LogP contribution in [0.4, 0.5) is 5.69 Å². The molecule has 8 nitrogen and oxygen atoms in total. The minimum absolute atomic E-state index is 0.0862. The van der Waals surface area contributed by atoms with Crippen LogP contribution in [0.2, 0.25) is 0 Å². The predicted molar refractivity (Wildman–Crippen MR) is 126 cm³/mol. The van der Waals surface area contributed by atoms with E-state index in [-0.39, 0.29) is 40.4 Å². The Hall–Kier alpha value is -4.72. The van der Waals surface area contributed by atoms with Crippen LogP contribution in [-0.2, 0) is 20.7 Å². The lowest BCUT2D eigenvalue weighted by molar-refractivity contribution is -0.146. The third-order valence-corrected chi connectivity index (χ3v) is 5.79. The number of rotatable bonds is 6. The van der Waals surface area contributed by atoms with Crippen molar-refractivity contribution >= 4 is 40.1 Å². The molecule has 0 aliphatic heterocycles. The van der Waals surface area contributed by atoms with Gasteiger partial charge in [-0.25, -0.2) is 0 Å². The highest BCUT2D eigenvalue weighted by Gasteiger charge is 2.31. The zero-order valence-corrected chi connectivity index (χ0v) is 18.6. The first-order chi connectivity index (χ1) is 17.0. The van der Waals surface area contributed by atoms with Crippen LogP contribution >= 0.6 is 0 Å². The lowest BCUT2D eigenvalue weighted by Crippen LogP contribution is -2.26. The number of esters is 1. The molecule has 0 bridgehead atoms. The summed E-state index contributed by atoms with van der Waals surface area (Å²) < 4.78 is 15.7. The van der Waals surface area contributed by atoms with Crippen molar-refractivity contribution in [3.8, 4) is 5.75 Å². The number of hydrogen-bond acceptors (Lipinski definition) is 7. The summed E-state index contributed by atoms with van der Waals surface area (Å²) in [7, 11) is 1.55. The number of fused-ring (bicyclic) bond motifs is 3. The number of carbonyl (C=O) groups excluding carboxylic acids is 4. The number of nitrogens with one attached hydrogen (secondary N) is 1. The van der Waals surface area contributed by atoms with Gasteiger partial charge >= 0.3 is 5.97 Å². The Morgan fingerprint density at radius 3 is 2.43 bits per heavy atom. The lowest BCUT2D eigenvalue weighted by Gasteiger charge is -2.20. The Labute approximate surface area is 199 Å². The van der Waals surface area contributed by atoms with Crippen molar-refractivity contribution in [2.24, 2.45) is 0 Å². The molecule has 0 atom stereocenters. The molecule has 5 rings (SSSR count). The molecule has 1 aliphatic rings. The van der Waals surface area contributed by atoms with E-state index in [2.05, 4.69) is 5.32 Å². The van der Waals surface area contributed by atoms with Gasteiger partial charge in [0.2, 0.25) is 0 Å². The van der Waals surface area contributed by atoms with E-state index in [1.165, 1.54) is 12.3 Å². The molecular formula is C27H19NO7. The molecule has 3 aromatic carbocycles. The average molecular weight is 469 g/mol. The van der Waals surface area contributed by atoms with Crippen molar-refractivity contribution in [1.82, 2.24) is 0 Å². The van der Waals surface area contributed by atoms with E-state index in [9.17, 15) is 19.2 Å². The van der Waals surface area contributed by atoms with Crippen molar-refractivity contribution in [1.29, 1.82) is 0 Å². The van der Waals surface area contributed by atoms with Gasteiger partial charge in [-0.3, -0.25) is 19.2 Å². The first kappa shape index (κ1) is 22.1. The summed E-state index contributed by atoms with van der Waals surface area (Å²) in [5.74, 6) is -1.26. The van der Waals surface area contributed by atoms with Gasteiger partial charge in [0, 0.05) is 33.7 Å². The van der Waals surface area contributed by atoms with Crippen molar-refractivity contribution in [3.63, 3.8) is 0 Å². The van der Waals surface area contributed by atoms with Gasteiger partial charge in [-0.1, -0.05) is 36.4 Å². The second-order valence-corrected chi connectivity index (χ2v) is 7.94. The van der Waals surface area contributed by atoms with E-state index >= 15 is 0 Å². The molecule has 1 aromatic heterocycles. The Morgan fingerprint density at radius 1 is 0.914 bits per heavy atom. The number of carbonyl (C=O) groups is 4. The highest BCUT2D eigenvalue weighted by molar-refractivity contribution is 6.30. The van der Waals surface area contributed by atoms with E-state index in [0.29, 0.717) is 22.5 Å². The standard InChI is InChI=1S/C27H19NO7/c1-33-16-9-10-17-15(13-34-22(17)12-16)11-24(30)35-14-23(29)28-21-8-4-7-20-25(21)27(32)19-6-3-2-5-18(19)26(20)31/h2-10,12-13H,11,14H2,1H3,(H,28,29). The molecule has 0 spiro atoms. The summed E-state index contributed by atoms with van der Waals surface area (Å²) in [6, 6.07) is 16.5. The van der Waals surface area contributed by atoms with Gasteiger partial charge in [0.15, 0.2) is 18.2 Å². The van der Waals surface area contributed by atoms with Crippen LogP contribution in [-0.4, -0.2) is 37.2 Å². The van der Waals surface area contributed by atoms with Gasteiger partial charge in [0.05, 0.1) is 31.0 Å². The largest absolute Gasteiger partial charge is 0.497 e. The Bertz CT molecular complexity index is 1520. The molecule has 0 fully saturated rings. The molecule has 0 unspecified atom stereocenters. The van der Waals surface area contributed by atoms with Crippen LogP contribution in [0.3, 0.4) is 0 Å². The summed E-state index contributed by atoms with van der Waals surface area (Å²) >= 11 is 0. The van der Waals surface area contributed by atoms with E-state index < -0.39 is 18.5 Å². The van der Waals surface area contributed by atoms with Crippen molar-refractivity contribution in [3.05, 3.63) is 94.7 Å². The maximum absolute atomic E-state index is 13.0. The van der Waals surface area contributed by atoms with Gasteiger partial charge in [-0.05, 0) is 18.2 Å². The van der Waals surface area contributed by atoms with Crippen LogP contribution in [0, 0.1) is 0 Å².